The maximum Gasteiger partial charge on any atom is 0.227 e. The molecule has 0 radical (unpaired) electrons. The smallest absolute Gasteiger partial charge is 0.227 e. The Bertz CT molecular complexity index is 1660. The van der Waals surface area contributed by atoms with E-state index >= 15 is 0 Å². The number of ether oxygens (including phenoxy) is 1. The minimum atomic E-state index is 0.575. The maximum absolute atomic E-state index is 5.88. The topological polar surface area (TPSA) is 73.7 Å². The minimum absolute atomic E-state index is 0.575. The molecular weight excluding hydrogens is 548 g/mol. The molecule has 1 aliphatic carbocycles. The molecule has 0 bridgehead atoms. The van der Waals surface area contributed by atoms with Crippen LogP contribution in [-0.4, -0.2) is 96.4 Å². The summed E-state index contributed by atoms with van der Waals surface area (Å²) < 4.78 is 8.29. The molecule has 9 rings (SSSR count). The molecule has 2 unspecified atom stereocenters. The summed E-state index contributed by atoms with van der Waals surface area (Å²) in [6.45, 7) is 11.0. The minimum Gasteiger partial charge on any atom is -0.494 e. The van der Waals surface area contributed by atoms with Crippen LogP contribution in [0.5, 0.6) is 5.75 Å². The number of benzene rings is 2. The molecule has 5 fully saturated rings. The summed E-state index contributed by atoms with van der Waals surface area (Å²) in [5.41, 5.74) is 5.48. The van der Waals surface area contributed by atoms with Gasteiger partial charge in [-0.3, -0.25) is 9.80 Å². The van der Waals surface area contributed by atoms with E-state index in [0.29, 0.717) is 12.0 Å². The molecule has 0 spiro atoms. The Kier molecular flexibility index (Phi) is 6.53. The van der Waals surface area contributed by atoms with Gasteiger partial charge in [-0.2, -0.15) is 0 Å². The van der Waals surface area contributed by atoms with E-state index in [1.165, 1.54) is 75.2 Å². The maximum atomic E-state index is 5.88. The lowest BCUT2D eigenvalue weighted by Gasteiger charge is -2.47. The lowest BCUT2D eigenvalue weighted by molar-refractivity contribution is 0.0268. The average molecular weight is 591 g/mol. The van der Waals surface area contributed by atoms with Gasteiger partial charge in [-0.25, -0.2) is 9.97 Å². The van der Waals surface area contributed by atoms with Gasteiger partial charge in [0.15, 0.2) is 0 Å². The Morgan fingerprint density at radius 3 is 2.50 bits per heavy atom. The molecule has 228 valence electrons. The number of para-hydroxylation sites is 1. The van der Waals surface area contributed by atoms with Gasteiger partial charge in [-0.05, 0) is 54.9 Å². The van der Waals surface area contributed by atoms with Gasteiger partial charge in [-0.15, -0.1) is 0 Å². The van der Waals surface area contributed by atoms with Gasteiger partial charge < -0.3 is 24.8 Å². The highest BCUT2D eigenvalue weighted by Gasteiger charge is 2.45. The molecule has 9 heteroatoms. The predicted molar refractivity (Wildman–Crippen MR) is 175 cm³/mol. The van der Waals surface area contributed by atoms with Crippen molar-refractivity contribution in [1.82, 2.24) is 29.7 Å². The molecule has 5 aliphatic rings. The van der Waals surface area contributed by atoms with Gasteiger partial charge in [0.1, 0.15) is 5.75 Å². The Balaban J connectivity index is 0.863. The van der Waals surface area contributed by atoms with Gasteiger partial charge >= 0.3 is 0 Å². The van der Waals surface area contributed by atoms with Crippen molar-refractivity contribution in [2.75, 3.05) is 76.2 Å². The van der Waals surface area contributed by atoms with E-state index in [1.54, 1.807) is 7.11 Å². The number of nitrogens with zero attached hydrogens (tertiary/aromatic N) is 6. The van der Waals surface area contributed by atoms with Crippen LogP contribution < -0.4 is 20.3 Å². The first-order valence-electron chi connectivity index (χ1n) is 16.5. The van der Waals surface area contributed by atoms with Crippen molar-refractivity contribution < 1.29 is 4.74 Å². The summed E-state index contributed by atoms with van der Waals surface area (Å²) in [7, 11) is 1.74. The summed E-state index contributed by atoms with van der Waals surface area (Å²) in [6, 6.07) is 18.5. The predicted octanol–water partition coefficient (Wildman–Crippen LogP) is 4.46. The van der Waals surface area contributed by atoms with Crippen LogP contribution in [0.25, 0.3) is 22.2 Å². The van der Waals surface area contributed by atoms with E-state index in [0.717, 1.165) is 59.6 Å². The number of hydrogen-bond acceptors (Lipinski definition) is 8. The van der Waals surface area contributed by atoms with Crippen LogP contribution in [0.15, 0.2) is 60.9 Å². The molecular formula is C35H42N8O. The van der Waals surface area contributed by atoms with Gasteiger partial charge in [0.25, 0.3) is 0 Å². The van der Waals surface area contributed by atoms with Crippen molar-refractivity contribution in [3.05, 3.63) is 60.9 Å². The Labute approximate surface area is 259 Å². The molecule has 0 amide bonds. The van der Waals surface area contributed by atoms with Crippen LogP contribution in [0.2, 0.25) is 0 Å². The van der Waals surface area contributed by atoms with Crippen LogP contribution in [-0.2, 0) is 0 Å². The van der Waals surface area contributed by atoms with E-state index in [-0.39, 0.29) is 0 Å². The molecule has 1 saturated carbocycles. The first-order chi connectivity index (χ1) is 21.7. The molecule has 9 nitrogen and oxygen atoms in total. The SMILES string of the molecule is COc1cc(N2CC3CN(C4CN(CC5CNC5)C4)CC3C2)ccc1Nc1nccc(-c2cn(C3CC3)c3ccccc23)n1. The van der Waals surface area contributed by atoms with Crippen molar-refractivity contribution in [1.29, 1.82) is 0 Å². The molecule has 44 heavy (non-hydrogen) atoms. The standard InChI is InChI=1S/C35H42N8O/c1-44-34-12-27(41-16-24-18-42(19-25(24)17-41)28-20-40(21-28)15-23-13-36-14-23)8-9-32(34)39-35-37-11-10-31(38-35)30-22-43(26-6-7-26)33-5-3-2-4-29(30)33/h2-5,8-12,22-26,28,36H,6-7,13-21H2,1H3,(H,37,38,39). The second kappa shape index (κ2) is 10.8. The van der Waals surface area contributed by atoms with E-state index in [2.05, 4.69) is 83.5 Å². The Morgan fingerprint density at radius 1 is 0.932 bits per heavy atom. The van der Waals surface area contributed by atoms with Crippen molar-refractivity contribution in [3.63, 3.8) is 0 Å². The van der Waals surface area contributed by atoms with Crippen LogP contribution in [0.1, 0.15) is 18.9 Å². The van der Waals surface area contributed by atoms with E-state index in [4.69, 9.17) is 9.72 Å². The number of nitrogens with one attached hydrogen (secondary N) is 2. The summed E-state index contributed by atoms with van der Waals surface area (Å²) >= 11 is 0. The number of rotatable bonds is 9. The molecule has 2 aromatic carbocycles. The Hall–Kier alpha value is -3.66. The third-order valence-electron chi connectivity index (χ3n) is 10.8. The second-order valence-electron chi connectivity index (χ2n) is 13.7. The highest BCUT2D eigenvalue weighted by molar-refractivity contribution is 5.95. The largest absolute Gasteiger partial charge is 0.494 e. The molecule has 4 saturated heterocycles. The molecule has 4 aliphatic heterocycles. The molecule has 2 aromatic heterocycles. The van der Waals surface area contributed by atoms with Crippen LogP contribution in [0.3, 0.4) is 0 Å². The fraction of sp³-hybridized carbons (Fsp3) is 0.486. The van der Waals surface area contributed by atoms with Crippen LogP contribution in [0.4, 0.5) is 17.3 Å². The highest BCUT2D eigenvalue weighted by atomic mass is 16.5. The fourth-order valence-corrected chi connectivity index (χ4v) is 8.04. The zero-order chi connectivity index (χ0) is 29.2. The number of fused-ring (bicyclic) bond motifs is 2. The van der Waals surface area contributed by atoms with Crippen molar-refractivity contribution >= 4 is 28.2 Å². The molecule has 4 aromatic rings. The molecule has 6 heterocycles. The highest BCUT2D eigenvalue weighted by Crippen LogP contribution is 2.42. The molecule has 2 atom stereocenters. The fourth-order valence-electron chi connectivity index (χ4n) is 8.04. The van der Waals surface area contributed by atoms with Crippen LogP contribution >= 0.6 is 0 Å². The zero-order valence-electron chi connectivity index (χ0n) is 25.5. The summed E-state index contributed by atoms with van der Waals surface area (Å²) in [5.74, 6) is 3.78. The van der Waals surface area contributed by atoms with Gasteiger partial charge in [0, 0.05) is 112 Å². The van der Waals surface area contributed by atoms with Crippen molar-refractivity contribution in [2.24, 2.45) is 17.8 Å². The summed E-state index contributed by atoms with van der Waals surface area (Å²) in [6.07, 6.45) is 6.61. The lowest BCUT2D eigenvalue weighted by atomic mass is 9.99. The van der Waals surface area contributed by atoms with Crippen molar-refractivity contribution in [3.8, 4) is 17.0 Å². The van der Waals surface area contributed by atoms with Gasteiger partial charge in [0.05, 0.1) is 18.5 Å². The first kappa shape index (κ1) is 26.7. The third kappa shape index (κ3) is 4.82. The Morgan fingerprint density at radius 2 is 1.75 bits per heavy atom. The van der Waals surface area contributed by atoms with E-state index < -0.39 is 0 Å². The lowest BCUT2D eigenvalue weighted by Crippen LogP contribution is -2.62. The van der Waals surface area contributed by atoms with E-state index in [9.17, 15) is 0 Å². The van der Waals surface area contributed by atoms with E-state index in [1.807, 2.05) is 12.3 Å². The number of likely N-dealkylation sites (tertiary alicyclic amines) is 2. The number of hydrogen-bond donors (Lipinski definition) is 2. The summed E-state index contributed by atoms with van der Waals surface area (Å²) in [4.78, 5) is 17.5. The average Bonchev–Trinajstić information content (AvgIpc) is 3.48. The zero-order valence-corrected chi connectivity index (χ0v) is 25.5. The second-order valence-corrected chi connectivity index (χ2v) is 13.7. The monoisotopic (exact) mass is 590 g/mol. The third-order valence-corrected chi connectivity index (χ3v) is 10.8. The number of methoxy groups -OCH3 is 1. The molecule has 2 N–H and O–H groups in total. The summed E-state index contributed by atoms with van der Waals surface area (Å²) in [5, 5.41) is 8.09. The van der Waals surface area contributed by atoms with Crippen LogP contribution in [0, 0.1) is 17.8 Å². The van der Waals surface area contributed by atoms with Gasteiger partial charge in [0.2, 0.25) is 5.95 Å². The van der Waals surface area contributed by atoms with Crippen molar-refractivity contribution in [2.45, 2.75) is 24.9 Å². The first-order valence-corrected chi connectivity index (χ1v) is 16.5. The normalized spacial score (nSPS) is 24.4. The number of aromatic nitrogens is 3. The number of anilines is 3. The quantitative estimate of drug-likeness (QED) is 0.296. The van der Waals surface area contributed by atoms with Gasteiger partial charge in [-0.1, -0.05) is 18.2 Å².